The van der Waals surface area contributed by atoms with E-state index in [2.05, 4.69) is 19.2 Å². The van der Waals surface area contributed by atoms with Crippen molar-refractivity contribution in [3.8, 4) is 0 Å². The van der Waals surface area contributed by atoms with Crippen LogP contribution in [0, 0.1) is 5.92 Å². The van der Waals surface area contributed by atoms with Gasteiger partial charge in [-0.25, -0.2) is 0 Å². The van der Waals surface area contributed by atoms with Gasteiger partial charge in [-0.3, -0.25) is 4.79 Å². The van der Waals surface area contributed by atoms with Crippen molar-refractivity contribution in [3.63, 3.8) is 0 Å². The lowest BCUT2D eigenvalue weighted by Gasteiger charge is -2.21. The summed E-state index contributed by atoms with van der Waals surface area (Å²) in [5.74, 6) is 0.305. The highest BCUT2D eigenvalue weighted by atomic mass is 35.5. The molecule has 98 valence electrons. The highest BCUT2D eigenvalue weighted by molar-refractivity contribution is 6.30. The zero-order valence-electron chi connectivity index (χ0n) is 11.0. The molecule has 1 amide bonds. The van der Waals surface area contributed by atoms with Gasteiger partial charge in [-0.05, 0) is 43.4 Å². The van der Waals surface area contributed by atoms with Gasteiger partial charge in [0, 0.05) is 10.9 Å². The van der Waals surface area contributed by atoms with Gasteiger partial charge < -0.3 is 5.32 Å². The molecule has 1 N–H and O–H groups in total. The highest BCUT2D eigenvalue weighted by Crippen LogP contribution is 2.46. The Kier molecular flexibility index (Phi) is 3.96. The third kappa shape index (κ3) is 2.69. The second-order valence-corrected chi connectivity index (χ2v) is 5.53. The van der Waals surface area contributed by atoms with Crippen LogP contribution in [0.2, 0.25) is 5.02 Å². The first-order valence-electron chi connectivity index (χ1n) is 6.69. The topological polar surface area (TPSA) is 29.1 Å². The van der Waals surface area contributed by atoms with Crippen molar-refractivity contribution in [2.45, 2.75) is 45.1 Å². The van der Waals surface area contributed by atoms with Crippen molar-refractivity contribution < 1.29 is 4.79 Å². The van der Waals surface area contributed by atoms with E-state index in [4.69, 9.17) is 11.6 Å². The Morgan fingerprint density at radius 1 is 1.39 bits per heavy atom. The van der Waals surface area contributed by atoms with Crippen LogP contribution in [-0.4, -0.2) is 5.91 Å². The lowest BCUT2D eigenvalue weighted by atomic mass is 9.99. The predicted octanol–water partition coefficient (Wildman–Crippen LogP) is 3.88. The molecule has 3 heteroatoms. The Hall–Kier alpha value is -1.02. The standard InChI is InChI=1S/C15H20ClNO/c1-3-11(4-2)14(18)17-15(8-9-15)12-6-5-7-13(16)10-12/h5-7,10-11H,3-4,8-9H2,1-2H3,(H,17,18). The number of nitrogens with one attached hydrogen (secondary N) is 1. The number of carbonyl (C=O) groups is 1. The van der Waals surface area contributed by atoms with Gasteiger partial charge >= 0.3 is 0 Å². The third-order valence-electron chi connectivity index (χ3n) is 3.85. The molecule has 1 fully saturated rings. The van der Waals surface area contributed by atoms with E-state index in [0.29, 0.717) is 0 Å². The Labute approximate surface area is 114 Å². The van der Waals surface area contributed by atoms with Gasteiger partial charge in [0.15, 0.2) is 0 Å². The zero-order valence-corrected chi connectivity index (χ0v) is 11.8. The van der Waals surface area contributed by atoms with Crippen LogP contribution in [-0.2, 0) is 10.3 Å². The van der Waals surface area contributed by atoms with Gasteiger partial charge in [-0.1, -0.05) is 37.6 Å². The van der Waals surface area contributed by atoms with Gasteiger partial charge in [0.1, 0.15) is 0 Å². The molecule has 0 unspecified atom stereocenters. The maximum Gasteiger partial charge on any atom is 0.223 e. The number of benzene rings is 1. The Morgan fingerprint density at radius 2 is 2.06 bits per heavy atom. The van der Waals surface area contributed by atoms with Crippen molar-refractivity contribution >= 4 is 17.5 Å². The van der Waals surface area contributed by atoms with Gasteiger partial charge in [-0.2, -0.15) is 0 Å². The van der Waals surface area contributed by atoms with Crippen LogP contribution < -0.4 is 5.32 Å². The average Bonchev–Trinajstić information content (AvgIpc) is 3.11. The average molecular weight is 266 g/mol. The van der Waals surface area contributed by atoms with Gasteiger partial charge in [0.2, 0.25) is 5.91 Å². The zero-order chi connectivity index (χ0) is 13.2. The maximum atomic E-state index is 12.2. The third-order valence-corrected chi connectivity index (χ3v) is 4.08. The summed E-state index contributed by atoms with van der Waals surface area (Å²) in [6.07, 6.45) is 3.82. The fourth-order valence-corrected chi connectivity index (χ4v) is 2.58. The second-order valence-electron chi connectivity index (χ2n) is 5.10. The molecular formula is C15H20ClNO. The summed E-state index contributed by atoms with van der Waals surface area (Å²) in [7, 11) is 0. The molecule has 2 rings (SSSR count). The van der Waals surface area contributed by atoms with E-state index in [0.717, 1.165) is 36.3 Å². The first-order valence-corrected chi connectivity index (χ1v) is 7.07. The number of carbonyl (C=O) groups excluding carboxylic acids is 1. The minimum Gasteiger partial charge on any atom is -0.346 e. The Balaban J connectivity index is 2.11. The van der Waals surface area contributed by atoms with Gasteiger partial charge in [0.25, 0.3) is 0 Å². The molecule has 18 heavy (non-hydrogen) atoms. The van der Waals surface area contributed by atoms with Crippen molar-refractivity contribution in [2.24, 2.45) is 5.92 Å². The predicted molar refractivity (Wildman–Crippen MR) is 74.6 cm³/mol. The number of amides is 1. The lowest BCUT2D eigenvalue weighted by Crippen LogP contribution is -2.38. The molecule has 1 aromatic carbocycles. The summed E-state index contributed by atoms with van der Waals surface area (Å²) in [5, 5.41) is 3.95. The first kappa shape index (κ1) is 13.4. The fourth-order valence-electron chi connectivity index (χ4n) is 2.39. The van der Waals surface area contributed by atoms with E-state index in [1.807, 2.05) is 24.3 Å². The molecule has 1 saturated carbocycles. The lowest BCUT2D eigenvalue weighted by molar-refractivity contribution is -0.126. The molecule has 2 nitrogen and oxygen atoms in total. The molecule has 1 aromatic rings. The van der Waals surface area contributed by atoms with Gasteiger partial charge in [0.05, 0.1) is 5.54 Å². The molecule has 0 saturated heterocycles. The van der Waals surface area contributed by atoms with E-state index in [1.165, 1.54) is 0 Å². The van der Waals surface area contributed by atoms with Crippen LogP contribution in [0.1, 0.15) is 45.1 Å². The van der Waals surface area contributed by atoms with Crippen LogP contribution in [0.15, 0.2) is 24.3 Å². The second kappa shape index (κ2) is 5.31. The van der Waals surface area contributed by atoms with E-state index in [1.54, 1.807) is 0 Å². The molecule has 1 aliphatic carbocycles. The van der Waals surface area contributed by atoms with Gasteiger partial charge in [-0.15, -0.1) is 0 Å². The van der Waals surface area contributed by atoms with E-state index >= 15 is 0 Å². The summed E-state index contributed by atoms with van der Waals surface area (Å²) in [5.41, 5.74) is 0.985. The number of halogens is 1. The van der Waals surface area contributed by atoms with Crippen LogP contribution in [0.25, 0.3) is 0 Å². The summed E-state index contributed by atoms with van der Waals surface area (Å²) in [4.78, 5) is 12.2. The van der Waals surface area contributed by atoms with Crippen LogP contribution >= 0.6 is 11.6 Å². The largest absolute Gasteiger partial charge is 0.346 e. The molecule has 0 aromatic heterocycles. The smallest absolute Gasteiger partial charge is 0.223 e. The molecule has 0 spiro atoms. The minimum atomic E-state index is -0.148. The van der Waals surface area contributed by atoms with E-state index in [-0.39, 0.29) is 17.4 Å². The Bertz CT molecular complexity index is 436. The molecule has 1 aliphatic rings. The summed E-state index contributed by atoms with van der Waals surface area (Å²) >= 11 is 6.02. The quantitative estimate of drug-likeness (QED) is 0.860. The molecule has 0 atom stereocenters. The van der Waals surface area contributed by atoms with E-state index < -0.39 is 0 Å². The summed E-state index contributed by atoms with van der Waals surface area (Å²) in [6.45, 7) is 4.12. The summed E-state index contributed by atoms with van der Waals surface area (Å²) < 4.78 is 0. The fraction of sp³-hybridized carbons (Fsp3) is 0.533. The maximum absolute atomic E-state index is 12.2. The van der Waals surface area contributed by atoms with Crippen molar-refractivity contribution in [2.75, 3.05) is 0 Å². The van der Waals surface area contributed by atoms with Crippen LogP contribution in [0.4, 0.5) is 0 Å². The van der Waals surface area contributed by atoms with Crippen molar-refractivity contribution in [3.05, 3.63) is 34.9 Å². The monoisotopic (exact) mass is 265 g/mol. The molecule has 0 aliphatic heterocycles. The van der Waals surface area contributed by atoms with Crippen molar-refractivity contribution in [1.82, 2.24) is 5.32 Å². The summed E-state index contributed by atoms with van der Waals surface area (Å²) in [6, 6.07) is 7.82. The molecular weight excluding hydrogens is 246 g/mol. The molecule has 0 heterocycles. The SMILES string of the molecule is CCC(CC)C(=O)NC1(c2cccc(Cl)c2)CC1. The van der Waals surface area contributed by atoms with E-state index in [9.17, 15) is 4.79 Å². The first-order chi connectivity index (χ1) is 8.61. The Morgan fingerprint density at radius 3 is 2.56 bits per heavy atom. The minimum absolute atomic E-state index is 0.127. The number of hydrogen-bond donors (Lipinski definition) is 1. The molecule has 0 bridgehead atoms. The number of hydrogen-bond acceptors (Lipinski definition) is 1. The number of rotatable bonds is 5. The van der Waals surface area contributed by atoms with Crippen molar-refractivity contribution in [1.29, 1.82) is 0 Å². The molecule has 0 radical (unpaired) electrons. The highest BCUT2D eigenvalue weighted by Gasteiger charge is 2.46. The van der Waals surface area contributed by atoms with Crippen LogP contribution in [0.3, 0.4) is 0 Å². The normalized spacial score (nSPS) is 16.7. The van der Waals surface area contributed by atoms with Crippen LogP contribution in [0.5, 0.6) is 0 Å².